The lowest BCUT2D eigenvalue weighted by Crippen LogP contribution is -2.55. The summed E-state index contributed by atoms with van der Waals surface area (Å²) >= 11 is 6.07. The Morgan fingerprint density at radius 3 is 2.32 bits per heavy atom. The number of likely N-dealkylation sites (tertiary alicyclic amines) is 1. The van der Waals surface area contributed by atoms with Crippen LogP contribution in [-0.4, -0.2) is 48.4 Å². The Hall–Kier alpha value is -3.38. The van der Waals surface area contributed by atoms with Crippen molar-refractivity contribution >= 4 is 23.4 Å². The molecule has 1 aliphatic carbocycles. The number of halogens is 2. The van der Waals surface area contributed by atoms with Gasteiger partial charge in [0.1, 0.15) is 11.6 Å². The second-order valence-corrected chi connectivity index (χ2v) is 12.2. The van der Waals surface area contributed by atoms with Gasteiger partial charge in [-0.15, -0.1) is 0 Å². The average molecular weight is 577 g/mol. The van der Waals surface area contributed by atoms with Gasteiger partial charge in [-0.1, -0.05) is 73.0 Å². The van der Waals surface area contributed by atoms with Crippen LogP contribution in [0.5, 0.6) is 5.75 Å². The number of piperidine rings is 1. The molecule has 0 bridgehead atoms. The molecule has 5 rings (SSSR count). The first kappa shape index (κ1) is 29.1. The van der Waals surface area contributed by atoms with E-state index in [-0.39, 0.29) is 30.7 Å². The number of benzene rings is 3. The molecule has 1 heterocycles. The van der Waals surface area contributed by atoms with Gasteiger partial charge in [-0.25, -0.2) is 4.39 Å². The maximum absolute atomic E-state index is 15.1. The van der Waals surface area contributed by atoms with Crippen LogP contribution in [0.2, 0.25) is 5.02 Å². The van der Waals surface area contributed by atoms with Gasteiger partial charge in [-0.2, -0.15) is 0 Å². The molecule has 0 radical (unpaired) electrons. The molecule has 3 aromatic rings. The Morgan fingerprint density at radius 2 is 1.61 bits per heavy atom. The summed E-state index contributed by atoms with van der Waals surface area (Å²) in [6.45, 7) is 1.77. The number of amides is 2. The zero-order valence-electron chi connectivity index (χ0n) is 23.7. The minimum Gasteiger partial charge on any atom is -0.493 e. The molecule has 7 heteroatoms. The Kier molecular flexibility index (Phi) is 8.98. The standard InChI is InChI=1S/C34H38ClFN2O3/c1-37(23-26-10-3-2-4-11-26)31(39)22-33(25-41-28-16-14-27(35)15-17-28)18-9-21-38(24-33)32(40)34(19-7-8-20-34)29-12-5-6-13-30(29)36/h2-6,10-17H,7-9,18-25H2,1H3. The van der Waals surface area contributed by atoms with Crippen molar-refractivity contribution in [3.05, 3.63) is 101 Å². The van der Waals surface area contributed by atoms with Crippen LogP contribution < -0.4 is 4.74 Å². The van der Waals surface area contributed by atoms with Crippen molar-refractivity contribution in [2.24, 2.45) is 5.41 Å². The van der Waals surface area contributed by atoms with E-state index in [1.165, 1.54) is 6.07 Å². The summed E-state index contributed by atoms with van der Waals surface area (Å²) in [4.78, 5) is 31.6. The maximum atomic E-state index is 15.1. The van der Waals surface area contributed by atoms with Gasteiger partial charge < -0.3 is 14.5 Å². The third kappa shape index (κ3) is 6.59. The molecule has 216 valence electrons. The molecule has 1 unspecified atom stereocenters. The lowest BCUT2D eigenvalue weighted by Gasteiger charge is -2.45. The van der Waals surface area contributed by atoms with Gasteiger partial charge in [0.15, 0.2) is 0 Å². The van der Waals surface area contributed by atoms with Crippen LogP contribution in [0.4, 0.5) is 4.39 Å². The van der Waals surface area contributed by atoms with E-state index in [1.807, 2.05) is 60.5 Å². The van der Waals surface area contributed by atoms with Gasteiger partial charge in [-0.3, -0.25) is 9.59 Å². The minimum atomic E-state index is -0.862. The molecule has 1 aliphatic heterocycles. The number of carbonyl (C=O) groups excluding carboxylic acids is 2. The Morgan fingerprint density at radius 1 is 0.927 bits per heavy atom. The van der Waals surface area contributed by atoms with Crippen molar-refractivity contribution in [1.29, 1.82) is 0 Å². The highest BCUT2D eigenvalue weighted by atomic mass is 35.5. The molecule has 1 atom stereocenters. The maximum Gasteiger partial charge on any atom is 0.233 e. The summed E-state index contributed by atoms with van der Waals surface area (Å²) in [6.07, 6.45) is 4.80. The summed E-state index contributed by atoms with van der Waals surface area (Å²) in [5, 5.41) is 0.620. The topological polar surface area (TPSA) is 49.9 Å². The van der Waals surface area contributed by atoms with E-state index in [0.717, 1.165) is 31.2 Å². The van der Waals surface area contributed by atoms with E-state index in [4.69, 9.17) is 16.3 Å². The lowest BCUT2D eigenvalue weighted by molar-refractivity contribution is -0.145. The van der Waals surface area contributed by atoms with E-state index < -0.39 is 10.8 Å². The van der Waals surface area contributed by atoms with Crippen LogP contribution in [0.25, 0.3) is 0 Å². The SMILES string of the molecule is CN(Cc1ccccc1)C(=O)CC1(COc2ccc(Cl)cc2)CCCN(C(=O)C2(c3ccccc3F)CCCC2)C1. The van der Waals surface area contributed by atoms with Gasteiger partial charge in [0.2, 0.25) is 11.8 Å². The summed E-state index contributed by atoms with van der Waals surface area (Å²) in [5.41, 5.74) is 0.113. The molecular weight excluding hydrogens is 539 g/mol. The fourth-order valence-corrected chi connectivity index (χ4v) is 6.72. The van der Waals surface area contributed by atoms with E-state index >= 15 is 4.39 Å². The highest BCUT2D eigenvalue weighted by molar-refractivity contribution is 6.30. The normalized spacial score (nSPS) is 20.0. The third-order valence-corrected chi connectivity index (χ3v) is 9.03. The van der Waals surface area contributed by atoms with Crippen molar-refractivity contribution in [3.8, 4) is 5.75 Å². The van der Waals surface area contributed by atoms with E-state index in [9.17, 15) is 9.59 Å². The van der Waals surface area contributed by atoms with Gasteiger partial charge >= 0.3 is 0 Å². The molecule has 41 heavy (non-hydrogen) atoms. The van der Waals surface area contributed by atoms with Crippen molar-refractivity contribution in [2.45, 2.75) is 56.9 Å². The predicted molar refractivity (Wildman–Crippen MR) is 159 cm³/mol. The Bertz CT molecular complexity index is 1340. The molecule has 2 fully saturated rings. The molecule has 2 amide bonds. The highest BCUT2D eigenvalue weighted by Crippen LogP contribution is 2.45. The average Bonchev–Trinajstić information content (AvgIpc) is 3.48. The number of hydrogen-bond acceptors (Lipinski definition) is 3. The summed E-state index contributed by atoms with van der Waals surface area (Å²) in [7, 11) is 1.82. The molecule has 5 nitrogen and oxygen atoms in total. The van der Waals surface area contributed by atoms with Gasteiger partial charge in [0.25, 0.3) is 0 Å². The van der Waals surface area contributed by atoms with Crippen LogP contribution in [0.1, 0.15) is 56.1 Å². The van der Waals surface area contributed by atoms with Crippen LogP contribution in [-0.2, 0) is 21.5 Å². The number of rotatable bonds is 9. The quantitative estimate of drug-likeness (QED) is 0.275. The van der Waals surface area contributed by atoms with Gasteiger partial charge in [-0.05, 0) is 61.6 Å². The van der Waals surface area contributed by atoms with Gasteiger partial charge in [0.05, 0.1) is 12.0 Å². The van der Waals surface area contributed by atoms with Crippen molar-refractivity contribution in [3.63, 3.8) is 0 Å². The summed E-state index contributed by atoms with van der Waals surface area (Å²) in [6, 6.07) is 23.8. The number of ether oxygens (including phenoxy) is 1. The molecule has 1 saturated heterocycles. The molecule has 2 aliphatic rings. The molecule has 3 aromatic carbocycles. The highest BCUT2D eigenvalue weighted by Gasteiger charge is 2.49. The second-order valence-electron chi connectivity index (χ2n) is 11.8. The first-order valence-electron chi connectivity index (χ1n) is 14.5. The minimum absolute atomic E-state index is 0.00698. The third-order valence-electron chi connectivity index (χ3n) is 8.78. The van der Waals surface area contributed by atoms with Crippen LogP contribution in [0.3, 0.4) is 0 Å². The monoisotopic (exact) mass is 576 g/mol. The lowest BCUT2D eigenvalue weighted by atomic mass is 9.73. The number of carbonyl (C=O) groups is 2. The fourth-order valence-electron chi connectivity index (χ4n) is 6.59. The molecule has 0 N–H and O–H groups in total. The largest absolute Gasteiger partial charge is 0.493 e. The van der Waals surface area contributed by atoms with Crippen LogP contribution in [0.15, 0.2) is 78.9 Å². The smallest absolute Gasteiger partial charge is 0.233 e. The molecule has 0 aromatic heterocycles. The van der Waals surface area contributed by atoms with Crippen LogP contribution in [0, 0.1) is 11.2 Å². The zero-order valence-corrected chi connectivity index (χ0v) is 24.4. The Balaban J connectivity index is 1.39. The second kappa shape index (κ2) is 12.6. The number of nitrogens with zero attached hydrogens (tertiary/aromatic N) is 2. The van der Waals surface area contributed by atoms with Gasteiger partial charge in [0, 0.05) is 49.1 Å². The first-order valence-corrected chi connectivity index (χ1v) is 14.9. The van der Waals surface area contributed by atoms with Crippen LogP contribution >= 0.6 is 11.6 Å². The van der Waals surface area contributed by atoms with E-state index in [1.54, 1.807) is 29.2 Å². The number of hydrogen-bond donors (Lipinski definition) is 0. The molecule has 0 spiro atoms. The van der Waals surface area contributed by atoms with Crippen molar-refractivity contribution in [1.82, 2.24) is 9.80 Å². The molecular formula is C34H38ClFN2O3. The van der Waals surface area contributed by atoms with Crippen molar-refractivity contribution in [2.75, 3.05) is 26.7 Å². The predicted octanol–water partition coefficient (Wildman–Crippen LogP) is 7.03. The van der Waals surface area contributed by atoms with E-state index in [0.29, 0.717) is 48.8 Å². The van der Waals surface area contributed by atoms with Crippen molar-refractivity contribution < 1.29 is 18.7 Å². The van der Waals surface area contributed by atoms with E-state index in [2.05, 4.69) is 0 Å². The summed E-state index contributed by atoms with van der Waals surface area (Å²) < 4.78 is 21.4. The first-order chi connectivity index (χ1) is 19.8. The Labute approximate surface area is 247 Å². The fraction of sp³-hybridized carbons (Fsp3) is 0.412. The zero-order chi connectivity index (χ0) is 28.9. The summed E-state index contributed by atoms with van der Waals surface area (Å²) in [5.74, 6) is 0.323. The molecule has 1 saturated carbocycles.